The lowest BCUT2D eigenvalue weighted by Gasteiger charge is -2.22. The minimum Gasteiger partial charge on any atom is -0.326 e. The Labute approximate surface area is 151 Å². The zero-order valence-electron chi connectivity index (χ0n) is 13.4. The van der Waals surface area contributed by atoms with Crippen LogP contribution in [0.5, 0.6) is 0 Å². The Kier molecular flexibility index (Phi) is 7.01. The quantitative estimate of drug-likeness (QED) is 0.837. The Hall–Kier alpha value is -1.64. The summed E-state index contributed by atoms with van der Waals surface area (Å²) in [7, 11) is 0. The van der Waals surface area contributed by atoms with Crippen LogP contribution in [0.3, 0.4) is 0 Å². The summed E-state index contributed by atoms with van der Waals surface area (Å²) in [4.78, 5) is 12.2. The maximum atomic E-state index is 12.2. The van der Waals surface area contributed by atoms with Crippen molar-refractivity contribution >= 4 is 35.8 Å². The van der Waals surface area contributed by atoms with Gasteiger partial charge in [0.25, 0.3) is 0 Å². The van der Waals surface area contributed by atoms with Gasteiger partial charge in [-0.05, 0) is 29.5 Å². The monoisotopic (exact) mass is 368 g/mol. The van der Waals surface area contributed by atoms with Crippen molar-refractivity contribution in [1.82, 2.24) is 25.5 Å². The fourth-order valence-electron chi connectivity index (χ4n) is 2.55. The van der Waals surface area contributed by atoms with Gasteiger partial charge in [-0.25, -0.2) is 4.68 Å². The maximum Gasteiger partial charge on any atom is 0.225 e. The molecule has 1 saturated heterocycles. The third-order valence-electron chi connectivity index (χ3n) is 3.67. The molecule has 2 N–H and O–H groups in total. The highest BCUT2D eigenvalue weighted by atomic mass is 35.5. The lowest BCUT2D eigenvalue weighted by Crippen LogP contribution is -2.39. The van der Waals surface area contributed by atoms with Crippen molar-refractivity contribution in [2.75, 3.05) is 23.4 Å². The van der Waals surface area contributed by atoms with E-state index in [1.807, 2.05) is 43.0 Å². The summed E-state index contributed by atoms with van der Waals surface area (Å²) in [6, 6.07) is 7.87. The second-order valence-corrected chi connectivity index (χ2v) is 6.53. The van der Waals surface area contributed by atoms with Crippen LogP contribution in [0.25, 0.3) is 11.4 Å². The summed E-state index contributed by atoms with van der Waals surface area (Å²) in [6.45, 7) is 3.66. The molecule has 2 aromatic rings. The van der Waals surface area contributed by atoms with Crippen molar-refractivity contribution in [3.8, 4) is 11.4 Å². The fraction of sp³-hybridized carbons (Fsp3) is 0.467. The predicted molar refractivity (Wildman–Crippen MR) is 98.5 cm³/mol. The maximum absolute atomic E-state index is 12.2. The molecule has 1 aromatic heterocycles. The van der Waals surface area contributed by atoms with Crippen LogP contribution in [0.2, 0.25) is 0 Å². The first-order valence-electron chi connectivity index (χ1n) is 7.74. The van der Waals surface area contributed by atoms with E-state index in [0.29, 0.717) is 18.8 Å². The Morgan fingerprint density at radius 3 is 3.12 bits per heavy atom. The molecule has 1 unspecified atom stereocenters. The molecule has 0 spiro atoms. The van der Waals surface area contributed by atoms with Gasteiger partial charge in [-0.1, -0.05) is 12.1 Å². The Bertz CT molecular complexity index is 673. The molecule has 1 amide bonds. The lowest BCUT2D eigenvalue weighted by atomic mass is 10.1. The highest BCUT2D eigenvalue weighted by Crippen LogP contribution is 2.20. The van der Waals surface area contributed by atoms with Crippen LogP contribution in [0, 0.1) is 0 Å². The van der Waals surface area contributed by atoms with Gasteiger partial charge in [-0.3, -0.25) is 4.79 Å². The minimum atomic E-state index is 0. The van der Waals surface area contributed by atoms with E-state index >= 15 is 0 Å². The highest BCUT2D eigenvalue weighted by Gasteiger charge is 2.17. The van der Waals surface area contributed by atoms with Gasteiger partial charge < -0.3 is 10.6 Å². The smallest absolute Gasteiger partial charge is 0.225 e. The van der Waals surface area contributed by atoms with Crippen LogP contribution in [0.15, 0.2) is 24.3 Å². The first-order chi connectivity index (χ1) is 11.3. The van der Waals surface area contributed by atoms with Gasteiger partial charge in [0.2, 0.25) is 5.91 Å². The molecule has 0 aliphatic carbocycles. The second-order valence-electron chi connectivity index (χ2n) is 5.38. The van der Waals surface area contributed by atoms with Gasteiger partial charge in [-0.2, -0.15) is 11.8 Å². The number of carbonyl (C=O) groups is 1. The number of carbonyl (C=O) groups excluding carboxylic acids is 1. The zero-order valence-corrected chi connectivity index (χ0v) is 15.1. The minimum absolute atomic E-state index is 0. The predicted octanol–water partition coefficient (Wildman–Crippen LogP) is 1.82. The first-order valence-corrected chi connectivity index (χ1v) is 8.89. The summed E-state index contributed by atoms with van der Waals surface area (Å²) >= 11 is 1.89. The Morgan fingerprint density at radius 2 is 2.38 bits per heavy atom. The van der Waals surface area contributed by atoms with Crippen molar-refractivity contribution < 1.29 is 4.79 Å². The number of anilines is 1. The van der Waals surface area contributed by atoms with E-state index in [0.717, 1.165) is 29.3 Å². The van der Waals surface area contributed by atoms with Gasteiger partial charge in [0, 0.05) is 48.3 Å². The average Bonchev–Trinajstić information content (AvgIpc) is 3.04. The molecule has 1 aliphatic rings. The van der Waals surface area contributed by atoms with Crippen LogP contribution in [-0.2, 0) is 11.3 Å². The van der Waals surface area contributed by atoms with Gasteiger partial charge >= 0.3 is 0 Å². The fourth-order valence-corrected chi connectivity index (χ4v) is 3.50. The summed E-state index contributed by atoms with van der Waals surface area (Å²) in [5.41, 5.74) is 1.66. The number of hydrogen-bond donors (Lipinski definition) is 2. The molecule has 1 aromatic carbocycles. The third kappa shape index (κ3) is 4.68. The van der Waals surface area contributed by atoms with Crippen LogP contribution < -0.4 is 10.6 Å². The number of nitrogens with one attached hydrogen (secondary N) is 2. The molecule has 130 valence electrons. The Morgan fingerprint density at radius 1 is 1.50 bits per heavy atom. The van der Waals surface area contributed by atoms with E-state index in [4.69, 9.17) is 0 Å². The Balaban J connectivity index is 0.00000208. The van der Waals surface area contributed by atoms with Crippen molar-refractivity contribution in [2.24, 2.45) is 0 Å². The number of aryl methyl sites for hydroxylation is 1. The van der Waals surface area contributed by atoms with E-state index in [2.05, 4.69) is 26.2 Å². The van der Waals surface area contributed by atoms with Gasteiger partial charge in [-0.15, -0.1) is 17.5 Å². The highest BCUT2D eigenvalue weighted by molar-refractivity contribution is 7.99. The third-order valence-corrected chi connectivity index (χ3v) is 4.80. The molecule has 3 rings (SSSR count). The molecule has 0 radical (unpaired) electrons. The number of thioether (sulfide) groups is 1. The molecular formula is C15H21ClN6OS. The van der Waals surface area contributed by atoms with E-state index in [1.54, 1.807) is 4.68 Å². The molecule has 9 heteroatoms. The largest absolute Gasteiger partial charge is 0.326 e. The number of aromatic nitrogens is 4. The van der Waals surface area contributed by atoms with Crippen molar-refractivity contribution in [3.05, 3.63) is 24.3 Å². The number of hydrogen-bond acceptors (Lipinski definition) is 6. The number of halogens is 1. The van der Waals surface area contributed by atoms with Crippen molar-refractivity contribution in [2.45, 2.75) is 25.9 Å². The number of rotatable bonds is 5. The SMILES string of the molecule is CCn1nnnc1-c1cccc(NC(=O)CC2CSCCN2)c1.Cl. The first kappa shape index (κ1) is 18.7. The topological polar surface area (TPSA) is 84.7 Å². The van der Waals surface area contributed by atoms with E-state index in [1.165, 1.54) is 0 Å². The van der Waals surface area contributed by atoms with Gasteiger partial charge in [0.05, 0.1) is 0 Å². The summed E-state index contributed by atoms with van der Waals surface area (Å²) in [6.07, 6.45) is 0.490. The summed E-state index contributed by atoms with van der Waals surface area (Å²) in [5, 5.41) is 18.0. The number of amides is 1. The molecular weight excluding hydrogens is 348 g/mol. The second kappa shape index (κ2) is 9.00. The number of benzene rings is 1. The molecule has 24 heavy (non-hydrogen) atoms. The zero-order chi connectivity index (χ0) is 16.1. The normalized spacial score (nSPS) is 17.1. The van der Waals surface area contributed by atoms with E-state index in [-0.39, 0.29) is 24.4 Å². The van der Waals surface area contributed by atoms with Crippen LogP contribution in [0.4, 0.5) is 5.69 Å². The summed E-state index contributed by atoms with van der Waals surface area (Å²) < 4.78 is 1.73. The molecule has 1 fully saturated rings. The van der Waals surface area contributed by atoms with E-state index in [9.17, 15) is 4.79 Å². The van der Waals surface area contributed by atoms with Gasteiger partial charge in [0.15, 0.2) is 5.82 Å². The van der Waals surface area contributed by atoms with E-state index < -0.39 is 0 Å². The molecule has 7 nitrogen and oxygen atoms in total. The summed E-state index contributed by atoms with van der Waals surface area (Å²) in [5.74, 6) is 2.83. The molecule has 0 saturated carbocycles. The number of nitrogens with zero attached hydrogens (tertiary/aromatic N) is 4. The van der Waals surface area contributed by atoms with Crippen LogP contribution >= 0.6 is 24.2 Å². The van der Waals surface area contributed by atoms with Gasteiger partial charge in [0.1, 0.15) is 0 Å². The standard InChI is InChI=1S/C15H20N6OS.ClH/c1-2-21-15(18-19-20-21)11-4-3-5-12(8-11)17-14(22)9-13-10-23-7-6-16-13;/h3-5,8,13,16H,2,6-7,9-10H2,1H3,(H,17,22);1H. The number of tetrazole rings is 1. The molecule has 2 heterocycles. The van der Waals surface area contributed by atoms with Crippen molar-refractivity contribution in [1.29, 1.82) is 0 Å². The van der Waals surface area contributed by atoms with Crippen LogP contribution in [0.1, 0.15) is 13.3 Å². The van der Waals surface area contributed by atoms with Crippen LogP contribution in [-0.4, -0.2) is 50.2 Å². The molecule has 0 bridgehead atoms. The average molecular weight is 369 g/mol. The molecule has 1 aliphatic heterocycles. The lowest BCUT2D eigenvalue weighted by molar-refractivity contribution is -0.116. The van der Waals surface area contributed by atoms with Crippen molar-refractivity contribution in [3.63, 3.8) is 0 Å². The molecule has 1 atom stereocenters.